The van der Waals surface area contributed by atoms with Gasteiger partial charge in [0.15, 0.2) is 0 Å². The number of hydrogen-bond acceptors (Lipinski definition) is 4. The fourth-order valence-corrected chi connectivity index (χ4v) is 2.88. The van der Waals surface area contributed by atoms with E-state index in [1.54, 1.807) is 18.2 Å². The average Bonchev–Trinajstić information content (AvgIpc) is 2.55. The number of benzene rings is 1. The number of hydrogen-bond donors (Lipinski definition) is 2. The number of nitrogens with zero attached hydrogens (tertiary/aromatic N) is 2. The third kappa shape index (κ3) is 3.14. The molecule has 0 spiro atoms. The van der Waals surface area contributed by atoms with E-state index in [4.69, 9.17) is 5.11 Å². The number of nitrogens with one attached hydrogen (secondary N) is 1. The number of aromatic nitrogens is 2. The molecule has 1 fully saturated rings. The van der Waals surface area contributed by atoms with Crippen molar-refractivity contribution in [3.05, 3.63) is 47.4 Å². The Balaban J connectivity index is 1.98. The summed E-state index contributed by atoms with van der Waals surface area (Å²) >= 11 is 0. The highest BCUT2D eigenvalue weighted by molar-refractivity contribution is 5.89. The van der Waals surface area contributed by atoms with Crippen molar-refractivity contribution in [2.24, 2.45) is 0 Å². The second-order valence-electron chi connectivity index (χ2n) is 5.64. The van der Waals surface area contributed by atoms with E-state index in [1.165, 1.54) is 0 Å². The lowest BCUT2D eigenvalue weighted by Crippen LogP contribution is -2.27. The van der Waals surface area contributed by atoms with Gasteiger partial charge in [-0.3, -0.25) is 0 Å². The molecule has 114 valence electrons. The molecule has 2 N–H and O–H groups in total. The van der Waals surface area contributed by atoms with E-state index in [2.05, 4.69) is 15.3 Å². The molecule has 0 amide bonds. The van der Waals surface area contributed by atoms with E-state index in [0.29, 0.717) is 5.92 Å². The molecule has 0 saturated carbocycles. The summed E-state index contributed by atoms with van der Waals surface area (Å²) in [7, 11) is 0. The van der Waals surface area contributed by atoms with Crippen molar-refractivity contribution in [3.8, 4) is 11.3 Å². The summed E-state index contributed by atoms with van der Waals surface area (Å²) in [6.45, 7) is 3.91. The van der Waals surface area contributed by atoms with Crippen molar-refractivity contribution >= 4 is 5.97 Å². The molecular formula is C17H19N3O2. The van der Waals surface area contributed by atoms with Crippen LogP contribution in [0, 0.1) is 6.92 Å². The molecule has 22 heavy (non-hydrogen) atoms. The highest BCUT2D eigenvalue weighted by Gasteiger charge is 2.18. The lowest BCUT2D eigenvalue weighted by atomic mass is 9.93. The predicted octanol–water partition coefficient (Wildman–Crippen LogP) is 2.62. The highest BCUT2D eigenvalue weighted by Crippen LogP contribution is 2.27. The molecule has 1 aliphatic rings. The van der Waals surface area contributed by atoms with Crippen LogP contribution in [0.5, 0.6) is 0 Å². The first-order valence-corrected chi connectivity index (χ1v) is 7.53. The summed E-state index contributed by atoms with van der Waals surface area (Å²) in [4.78, 5) is 20.2. The van der Waals surface area contributed by atoms with Gasteiger partial charge in [0.1, 0.15) is 5.82 Å². The zero-order chi connectivity index (χ0) is 15.5. The van der Waals surface area contributed by atoms with Crippen LogP contribution in [0.3, 0.4) is 0 Å². The first kappa shape index (κ1) is 14.7. The largest absolute Gasteiger partial charge is 0.478 e. The molecule has 1 aliphatic heterocycles. The first-order chi connectivity index (χ1) is 10.6. The summed E-state index contributed by atoms with van der Waals surface area (Å²) in [5.74, 6) is 0.252. The van der Waals surface area contributed by atoms with Gasteiger partial charge in [-0.2, -0.15) is 0 Å². The fourth-order valence-electron chi connectivity index (χ4n) is 2.88. The van der Waals surface area contributed by atoms with E-state index in [1.807, 2.05) is 19.1 Å². The Labute approximate surface area is 129 Å². The molecule has 1 aromatic carbocycles. The molecule has 1 aromatic heterocycles. The molecular weight excluding hydrogens is 278 g/mol. The molecule has 0 aliphatic carbocycles. The van der Waals surface area contributed by atoms with Gasteiger partial charge >= 0.3 is 5.97 Å². The van der Waals surface area contributed by atoms with E-state index < -0.39 is 5.97 Å². The van der Waals surface area contributed by atoms with E-state index in [9.17, 15) is 4.79 Å². The quantitative estimate of drug-likeness (QED) is 0.911. The number of aryl methyl sites for hydroxylation is 1. The topological polar surface area (TPSA) is 75.1 Å². The molecule has 0 unspecified atom stereocenters. The van der Waals surface area contributed by atoms with Gasteiger partial charge in [0, 0.05) is 17.2 Å². The summed E-state index contributed by atoms with van der Waals surface area (Å²) in [6.07, 6.45) is 2.15. The molecule has 0 bridgehead atoms. The Kier molecular flexibility index (Phi) is 4.15. The Morgan fingerprint density at radius 2 is 2.00 bits per heavy atom. The van der Waals surface area contributed by atoms with Crippen molar-refractivity contribution in [2.75, 3.05) is 13.1 Å². The number of aromatic carboxylic acids is 1. The Morgan fingerprint density at radius 3 is 2.73 bits per heavy atom. The molecule has 5 nitrogen and oxygen atoms in total. The van der Waals surface area contributed by atoms with Crippen LogP contribution in [-0.4, -0.2) is 34.1 Å². The smallest absolute Gasteiger partial charge is 0.335 e. The molecule has 5 heteroatoms. The fraction of sp³-hybridized carbons (Fsp3) is 0.353. The first-order valence-electron chi connectivity index (χ1n) is 7.53. The maximum atomic E-state index is 11.1. The van der Waals surface area contributed by atoms with Crippen LogP contribution < -0.4 is 5.32 Å². The van der Waals surface area contributed by atoms with Crippen LogP contribution in [0.2, 0.25) is 0 Å². The van der Waals surface area contributed by atoms with Gasteiger partial charge < -0.3 is 10.4 Å². The van der Waals surface area contributed by atoms with Gasteiger partial charge in [0.2, 0.25) is 0 Å². The Morgan fingerprint density at radius 1 is 1.23 bits per heavy atom. The Bertz CT molecular complexity index is 694. The molecule has 0 atom stereocenters. The second kappa shape index (κ2) is 6.23. The van der Waals surface area contributed by atoms with Gasteiger partial charge in [0.25, 0.3) is 0 Å². The van der Waals surface area contributed by atoms with Crippen LogP contribution in [0.1, 0.15) is 40.6 Å². The Hall–Kier alpha value is -2.27. The van der Waals surface area contributed by atoms with E-state index in [-0.39, 0.29) is 5.56 Å². The number of carbonyl (C=O) groups is 1. The van der Waals surface area contributed by atoms with Crippen molar-refractivity contribution in [1.82, 2.24) is 15.3 Å². The summed E-state index contributed by atoms with van der Waals surface area (Å²) in [5.41, 5.74) is 2.95. The number of carboxylic acid groups (broad SMARTS) is 1. The van der Waals surface area contributed by atoms with Crippen LogP contribution in [0.15, 0.2) is 30.3 Å². The van der Waals surface area contributed by atoms with Gasteiger partial charge in [-0.15, -0.1) is 0 Å². The van der Waals surface area contributed by atoms with E-state index >= 15 is 0 Å². The zero-order valence-corrected chi connectivity index (χ0v) is 12.5. The third-order valence-corrected chi connectivity index (χ3v) is 4.02. The minimum atomic E-state index is -0.925. The van der Waals surface area contributed by atoms with Crippen LogP contribution in [0.4, 0.5) is 0 Å². The monoisotopic (exact) mass is 297 g/mol. The SMILES string of the molecule is Cc1nc(-c2cccc(C(=O)O)c2)cc(C2CCNCC2)n1. The van der Waals surface area contributed by atoms with Gasteiger partial charge in [-0.25, -0.2) is 14.8 Å². The highest BCUT2D eigenvalue weighted by atomic mass is 16.4. The minimum Gasteiger partial charge on any atom is -0.478 e. The van der Waals surface area contributed by atoms with Crippen LogP contribution in [-0.2, 0) is 0 Å². The van der Waals surface area contributed by atoms with E-state index in [0.717, 1.165) is 48.7 Å². The number of rotatable bonds is 3. The van der Waals surface area contributed by atoms with Crippen molar-refractivity contribution in [3.63, 3.8) is 0 Å². The maximum absolute atomic E-state index is 11.1. The standard InChI is InChI=1S/C17H19N3O2/c1-11-19-15(12-5-7-18-8-6-12)10-16(20-11)13-3-2-4-14(9-13)17(21)22/h2-4,9-10,12,18H,5-8H2,1H3,(H,21,22). The molecule has 0 radical (unpaired) electrons. The second-order valence-corrected chi connectivity index (χ2v) is 5.64. The van der Waals surface area contributed by atoms with Crippen molar-refractivity contribution in [1.29, 1.82) is 0 Å². The number of carboxylic acids is 1. The molecule has 2 aromatic rings. The number of piperidine rings is 1. The zero-order valence-electron chi connectivity index (χ0n) is 12.5. The van der Waals surface area contributed by atoms with Gasteiger partial charge in [0.05, 0.1) is 11.3 Å². The van der Waals surface area contributed by atoms with Gasteiger partial charge in [-0.1, -0.05) is 12.1 Å². The third-order valence-electron chi connectivity index (χ3n) is 4.02. The summed E-state index contributed by atoms with van der Waals surface area (Å²) in [6, 6.07) is 8.90. The normalized spacial score (nSPS) is 15.7. The summed E-state index contributed by atoms with van der Waals surface area (Å²) < 4.78 is 0. The molecule has 2 heterocycles. The average molecular weight is 297 g/mol. The maximum Gasteiger partial charge on any atom is 0.335 e. The molecule has 3 rings (SSSR count). The predicted molar refractivity (Wildman–Crippen MR) is 84.0 cm³/mol. The summed E-state index contributed by atoms with van der Waals surface area (Å²) in [5, 5.41) is 12.5. The molecule has 1 saturated heterocycles. The van der Waals surface area contributed by atoms with Crippen molar-refractivity contribution in [2.45, 2.75) is 25.7 Å². The minimum absolute atomic E-state index is 0.275. The van der Waals surface area contributed by atoms with Gasteiger partial charge in [-0.05, 0) is 51.1 Å². The van der Waals surface area contributed by atoms with Crippen molar-refractivity contribution < 1.29 is 9.90 Å². The lowest BCUT2D eigenvalue weighted by molar-refractivity contribution is 0.0697. The van der Waals surface area contributed by atoms with Crippen LogP contribution in [0.25, 0.3) is 11.3 Å². The lowest BCUT2D eigenvalue weighted by Gasteiger charge is -2.22. The van der Waals surface area contributed by atoms with Crippen LogP contribution >= 0.6 is 0 Å².